The molecule has 0 aliphatic carbocycles. The number of aromatic nitrogens is 1. The van der Waals surface area contributed by atoms with Gasteiger partial charge in [0, 0.05) is 12.1 Å². The number of nitrogen functional groups attached to an aromatic ring is 1. The van der Waals surface area contributed by atoms with Crippen LogP contribution in [-0.2, 0) is 6.54 Å². The smallest absolute Gasteiger partial charge is 0.478 e. The predicted octanol–water partition coefficient (Wildman–Crippen LogP) is 0.719. The van der Waals surface area contributed by atoms with E-state index in [9.17, 15) is 18.0 Å². The van der Waals surface area contributed by atoms with Gasteiger partial charge in [0.25, 0.3) is 0 Å². The topological polar surface area (TPSA) is 111 Å². The van der Waals surface area contributed by atoms with Gasteiger partial charge < -0.3 is 21.3 Å². The second kappa shape index (κ2) is 4.45. The number of alkyl halides is 3. The van der Waals surface area contributed by atoms with Crippen molar-refractivity contribution in [2.75, 3.05) is 5.73 Å². The number of carboxylic acid groups (broad SMARTS) is 1. The minimum Gasteiger partial charge on any atom is -0.478 e. The summed E-state index contributed by atoms with van der Waals surface area (Å²) in [6.07, 6.45) is -4.28. The minimum absolute atomic E-state index is 0.359. The van der Waals surface area contributed by atoms with Crippen molar-refractivity contribution in [2.24, 2.45) is 5.73 Å². The number of ether oxygens (including phenoxy) is 1. The molecule has 0 fully saturated rings. The summed E-state index contributed by atoms with van der Waals surface area (Å²) < 4.78 is 39.7. The number of anilines is 1. The van der Waals surface area contributed by atoms with Crippen LogP contribution < -0.4 is 16.2 Å². The van der Waals surface area contributed by atoms with E-state index in [1.54, 1.807) is 0 Å². The normalized spacial score (nSPS) is 11.3. The average Bonchev–Trinajstić information content (AvgIpc) is 2.17. The van der Waals surface area contributed by atoms with Crippen LogP contribution in [0.3, 0.4) is 0 Å². The summed E-state index contributed by atoms with van der Waals surface area (Å²) in [5, 5.41) is 8.79. The minimum atomic E-state index is -4.96. The van der Waals surface area contributed by atoms with Gasteiger partial charge in [-0.2, -0.15) is 0 Å². The second-order valence-electron chi connectivity index (χ2n) is 2.92. The molecule has 0 saturated carbocycles. The Balaban J connectivity index is 3.33. The van der Waals surface area contributed by atoms with Crippen molar-refractivity contribution in [3.8, 4) is 5.75 Å². The molecule has 0 atom stereocenters. The van der Waals surface area contributed by atoms with Crippen LogP contribution in [0.1, 0.15) is 15.9 Å². The molecule has 0 radical (unpaired) electrons. The maximum absolute atomic E-state index is 12.0. The van der Waals surface area contributed by atoms with Crippen LogP contribution in [0.4, 0.5) is 19.0 Å². The molecule has 9 heteroatoms. The molecule has 0 unspecified atom stereocenters. The van der Waals surface area contributed by atoms with Crippen LogP contribution in [0.15, 0.2) is 6.20 Å². The molecule has 5 N–H and O–H groups in total. The molecule has 94 valence electrons. The van der Waals surface area contributed by atoms with Crippen molar-refractivity contribution in [2.45, 2.75) is 12.9 Å². The standard InChI is InChI=1S/C8H8F3N3O3/c9-8(10,11)17-4-2-14-6(13)5(7(15)16)3(4)1-12/h2H,1,12H2,(H2,13,14)(H,15,16). The fourth-order valence-electron chi connectivity index (χ4n) is 1.20. The molecule has 0 bridgehead atoms. The van der Waals surface area contributed by atoms with Gasteiger partial charge in [0.15, 0.2) is 5.75 Å². The number of hydrogen-bond donors (Lipinski definition) is 3. The van der Waals surface area contributed by atoms with E-state index in [0.29, 0.717) is 6.20 Å². The molecular weight excluding hydrogens is 243 g/mol. The lowest BCUT2D eigenvalue weighted by Crippen LogP contribution is -2.21. The van der Waals surface area contributed by atoms with Gasteiger partial charge in [-0.05, 0) is 0 Å². The molecule has 1 aromatic rings. The molecule has 6 nitrogen and oxygen atoms in total. The third-order valence-corrected chi connectivity index (χ3v) is 1.82. The molecule has 1 aromatic heterocycles. The Bertz CT molecular complexity index is 448. The van der Waals surface area contributed by atoms with Gasteiger partial charge in [-0.25, -0.2) is 9.78 Å². The molecule has 0 amide bonds. The zero-order valence-electron chi connectivity index (χ0n) is 8.28. The quantitative estimate of drug-likeness (QED) is 0.729. The Labute approximate surface area is 93.0 Å². The Kier molecular flexibility index (Phi) is 3.42. The highest BCUT2D eigenvalue weighted by Gasteiger charge is 2.33. The number of hydrogen-bond acceptors (Lipinski definition) is 5. The van der Waals surface area contributed by atoms with Crippen molar-refractivity contribution < 1.29 is 27.8 Å². The lowest BCUT2D eigenvalue weighted by molar-refractivity contribution is -0.275. The molecule has 0 spiro atoms. The first kappa shape index (κ1) is 13.0. The summed E-state index contributed by atoms with van der Waals surface area (Å²) >= 11 is 0. The van der Waals surface area contributed by atoms with Crippen LogP contribution >= 0.6 is 0 Å². The van der Waals surface area contributed by atoms with Crippen LogP contribution in [0.5, 0.6) is 5.75 Å². The van der Waals surface area contributed by atoms with Crippen LogP contribution in [0.2, 0.25) is 0 Å². The summed E-state index contributed by atoms with van der Waals surface area (Å²) in [6, 6.07) is 0. The van der Waals surface area contributed by atoms with Gasteiger partial charge in [0.05, 0.1) is 6.20 Å². The highest BCUT2D eigenvalue weighted by Crippen LogP contribution is 2.29. The van der Waals surface area contributed by atoms with Gasteiger partial charge in [0.2, 0.25) is 0 Å². The fraction of sp³-hybridized carbons (Fsp3) is 0.250. The summed E-state index contributed by atoms with van der Waals surface area (Å²) in [5.74, 6) is -2.72. The van der Waals surface area contributed by atoms with E-state index in [1.807, 2.05) is 0 Å². The zero-order chi connectivity index (χ0) is 13.2. The number of rotatable bonds is 3. The maximum atomic E-state index is 12.0. The SMILES string of the molecule is NCc1c(OC(F)(F)F)cnc(N)c1C(=O)O. The van der Waals surface area contributed by atoms with E-state index in [4.69, 9.17) is 16.6 Å². The van der Waals surface area contributed by atoms with Crippen LogP contribution in [0, 0.1) is 0 Å². The van der Waals surface area contributed by atoms with Gasteiger partial charge in [0.1, 0.15) is 11.4 Å². The Morgan fingerprint density at radius 2 is 2.12 bits per heavy atom. The molecule has 0 aliphatic heterocycles. The summed E-state index contributed by atoms with van der Waals surface area (Å²) in [5.41, 5.74) is 9.48. The average molecular weight is 251 g/mol. The van der Waals surface area contributed by atoms with Crippen molar-refractivity contribution in [3.63, 3.8) is 0 Å². The van der Waals surface area contributed by atoms with Crippen molar-refractivity contribution in [1.82, 2.24) is 4.98 Å². The highest BCUT2D eigenvalue weighted by atomic mass is 19.4. The number of pyridine rings is 1. The molecule has 1 rings (SSSR count). The summed E-state index contributed by atoms with van der Waals surface area (Å²) in [6.45, 7) is -0.472. The lowest BCUT2D eigenvalue weighted by atomic mass is 10.1. The number of nitrogens with zero attached hydrogens (tertiary/aromatic N) is 1. The predicted molar refractivity (Wildman–Crippen MR) is 50.2 cm³/mol. The first-order valence-corrected chi connectivity index (χ1v) is 4.22. The molecular formula is C8H8F3N3O3. The van der Waals surface area contributed by atoms with Crippen molar-refractivity contribution in [1.29, 1.82) is 0 Å². The third-order valence-electron chi connectivity index (χ3n) is 1.82. The second-order valence-corrected chi connectivity index (χ2v) is 2.92. The first-order valence-electron chi connectivity index (χ1n) is 4.22. The van der Waals surface area contributed by atoms with E-state index in [-0.39, 0.29) is 5.56 Å². The summed E-state index contributed by atoms with van der Waals surface area (Å²) in [7, 11) is 0. The third kappa shape index (κ3) is 2.97. The molecule has 17 heavy (non-hydrogen) atoms. The number of halogens is 3. The Morgan fingerprint density at radius 3 is 2.53 bits per heavy atom. The fourth-order valence-corrected chi connectivity index (χ4v) is 1.20. The van der Waals surface area contributed by atoms with E-state index < -0.39 is 36.0 Å². The number of carboxylic acids is 1. The highest BCUT2D eigenvalue weighted by molar-refractivity contribution is 5.95. The van der Waals surface area contributed by atoms with Gasteiger partial charge in [-0.15, -0.1) is 13.2 Å². The van der Waals surface area contributed by atoms with E-state index >= 15 is 0 Å². The van der Waals surface area contributed by atoms with Crippen LogP contribution in [-0.4, -0.2) is 22.4 Å². The maximum Gasteiger partial charge on any atom is 0.573 e. The van der Waals surface area contributed by atoms with Gasteiger partial charge >= 0.3 is 12.3 Å². The monoisotopic (exact) mass is 251 g/mol. The first-order chi connectivity index (χ1) is 7.76. The summed E-state index contributed by atoms with van der Waals surface area (Å²) in [4.78, 5) is 14.1. The Morgan fingerprint density at radius 1 is 1.53 bits per heavy atom. The molecule has 1 heterocycles. The van der Waals surface area contributed by atoms with E-state index in [2.05, 4.69) is 9.72 Å². The van der Waals surface area contributed by atoms with Crippen LogP contribution in [0.25, 0.3) is 0 Å². The number of carbonyl (C=O) groups is 1. The molecule has 0 aromatic carbocycles. The number of aromatic carboxylic acids is 1. The zero-order valence-corrected chi connectivity index (χ0v) is 8.28. The lowest BCUT2D eigenvalue weighted by Gasteiger charge is -2.14. The number of nitrogens with two attached hydrogens (primary N) is 2. The Hall–Kier alpha value is -2.03. The van der Waals surface area contributed by atoms with E-state index in [1.165, 1.54) is 0 Å². The van der Waals surface area contributed by atoms with Gasteiger partial charge in [-0.3, -0.25) is 0 Å². The molecule has 0 saturated heterocycles. The van der Waals surface area contributed by atoms with Crippen molar-refractivity contribution >= 4 is 11.8 Å². The van der Waals surface area contributed by atoms with E-state index in [0.717, 1.165) is 0 Å². The van der Waals surface area contributed by atoms with Crippen molar-refractivity contribution in [3.05, 3.63) is 17.3 Å². The van der Waals surface area contributed by atoms with Gasteiger partial charge in [-0.1, -0.05) is 0 Å². The molecule has 0 aliphatic rings. The largest absolute Gasteiger partial charge is 0.573 e.